The molecule has 7 heteroatoms. The zero-order valence-corrected chi connectivity index (χ0v) is 11.5. The van der Waals surface area contributed by atoms with Crippen LogP contribution in [0.15, 0.2) is 18.5 Å². The molecule has 0 aromatic carbocycles. The lowest BCUT2D eigenvalue weighted by atomic mass is 10.0. The third-order valence-corrected chi connectivity index (χ3v) is 2.97. The Bertz CT molecular complexity index is 663. The van der Waals surface area contributed by atoms with Gasteiger partial charge in [0.2, 0.25) is 0 Å². The van der Waals surface area contributed by atoms with Crippen molar-refractivity contribution in [3.05, 3.63) is 29.7 Å². The number of nitrogens with one attached hydrogen (secondary N) is 1. The lowest BCUT2D eigenvalue weighted by molar-refractivity contribution is -0.140. The number of hydrogen-bond donors (Lipinski definition) is 2. The summed E-state index contributed by atoms with van der Waals surface area (Å²) in [6.45, 7) is 5.28. The number of carboxylic acids is 1. The van der Waals surface area contributed by atoms with Gasteiger partial charge in [-0.2, -0.15) is 5.10 Å². The van der Waals surface area contributed by atoms with E-state index >= 15 is 0 Å². The number of carboxylic acid groups (broad SMARTS) is 1. The number of carbonyl (C=O) groups is 2. The molecule has 0 fully saturated rings. The highest BCUT2D eigenvalue weighted by Gasteiger charge is 2.25. The van der Waals surface area contributed by atoms with Crippen LogP contribution in [0, 0.1) is 12.8 Å². The second-order valence-electron chi connectivity index (χ2n) is 4.93. The molecular formula is C13H16N4O3. The standard InChI is InChI=1S/C13H16N4O3/c1-7(2)10(13(19)20)16-12(18)9-6-14-17-5-4-8(3)15-11(9)17/h4-7,10H,1-3H3,(H,16,18)(H,19,20). The minimum atomic E-state index is -1.06. The molecule has 0 radical (unpaired) electrons. The zero-order valence-electron chi connectivity index (χ0n) is 11.5. The summed E-state index contributed by atoms with van der Waals surface area (Å²) >= 11 is 0. The van der Waals surface area contributed by atoms with Crippen LogP contribution in [0.5, 0.6) is 0 Å². The fourth-order valence-electron chi connectivity index (χ4n) is 1.85. The lowest BCUT2D eigenvalue weighted by Crippen LogP contribution is -2.44. The number of rotatable bonds is 4. The number of amides is 1. The van der Waals surface area contributed by atoms with Gasteiger partial charge in [0.05, 0.1) is 6.20 Å². The number of aryl methyl sites for hydroxylation is 1. The van der Waals surface area contributed by atoms with E-state index in [1.807, 2.05) is 6.92 Å². The van der Waals surface area contributed by atoms with E-state index in [-0.39, 0.29) is 11.5 Å². The molecule has 0 spiro atoms. The second-order valence-corrected chi connectivity index (χ2v) is 4.93. The molecule has 7 nitrogen and oxygen atoms in total. The summed E-state index contributed by atoms with van der Waals surface area (Å²) in [7, 11) is 0. The van der Waals surface area contributed by atoms with Gasteiger partial charge in [0.1, 0.15) is 11.6 Å². The molecule has 0 aliphatic rings. The zero-order chi connectivity index (χ0) is 14.9. The summed E-state index contributed by atoms with van der Waals surface area (Å²) in [6.07, 6.45) is 3.09. The van der Waals surface area contributed by atoms with E-state index in [2.05, 4.69) is 15.4 Å². The van der Waals surface area contributed by atoms with Crippen LogP contribution < -0.4 is 5.32 Å². The average molecular weight is 276 g/mol. The molecule has 2 heterocycles. The van der Waals surface area contributed by atoms with Crippen molar-refractivity contribution in [2.75, 3.05) is 0 Å². The highest BCUT2D eigenvalue weighted by molar-refractivity contribution is 6.01. The van der Waals surface area contributed by atoms with E-state index in [4.69, 9.17) is 5.11 Å². The van der Waals surface area contributed by atoms with Gasteiger partial charge in [-0.15, -0.1) is 0 Å². The normalized spacial score (nSPS) is 12.6. The molecule has 2 aromatic heterocycles. The summed E-state index contributed by atoms with van der Waals surface area (Å²) in [5.41, 5.74) is 1.43. The lowest BCUT2D eigenvalue weighted by Gasteiger charge is -2.17. The maximum atomic E-state index is 12.2. The van der Waals surface area contributed by atoms with Crippen molar-refractivity contribution in [1.82, 2.24) is 19.9 Å². The molecule has 0 aliphatic carbocycles. The molecule has 2 rings (SSSR count). The Labute approximate surface area is 115 Å². The van der Waals surface area contributed by atoms with E-state index in [1.165, 1.54) is 10.7 Å². The molecule has 0 bridgehead atoms. The van der Waals surface area contributed by atoms with Gasteiger partial charge in [-0.25, -0.2) is 14.3 Å². The third kappa shape index (κ3) is 2.61. The van der Waals surface area contributed by atoms with Gasteiger partial charge in [0.15, 0.2) is 5.65 Å². The molecule has 2 N–H and O–H groups in total. The maximum Gasteiger partial charge on any atom is 0.326 e. The minimum Gasteiger partial charge on any atom is -0.480 e. The Balaban J connectivity index is 2.32. The van der Waals surface area contributed by atoms with Crippen LogP contribution in [0.3, 0.4) is 0 Å². The highest BCUT2D eigenvalue weighted by Crippen LogP contribution is 2.10. The van der Waals surface area contributed by atoms with E-state index in [1.54, 1.807) is 26.1 Å². The van der Waals surface area contributed by atoms with Crippen molar-refractivity contribution in [2.45, 2.75) is 26.8 Å². The van der Waals surface area contributed by atoms with Crippen molar-refractivity contribution in [3.63, 3.8) is 0 Å². The molecular weight excluding hydrogens is 260 g/mol. The Kier molecular flexibility index (Phi) is 3.69. The number of aliphatic carboxylic acids is 1. The van der Waals surface area contributed by atoms with Crippen LogP contribution >= 0.6 is 0 Å². The van der Waals surface area contributed by atoms with Crippen LogP contribution in [0.1, 0.15) is 29.9 Å². The van der Waals surface area contributed by atoms with E-state index in [9.17, 15) is 9.59 Å². The van der Waals surface area contributed by atoms with Crippen molar-refractivity contribution in [1.29, 1.82) is 0 Å². The van der Waals surface area contributed by atoms with E-state index in [0.717, 1.165) is 5.69 Å². The van der Waals surface area contributed by atoms with Crippen LogP contribution in [0.2, 0.25) is 0 Å². The first-order valence-corrected chi connectivity index (χ1v) is 6.25. The summed E-state index contributed by atoms with van der Waals surface area (Å²) in [5, 5.41) is 15.6. The summed E-state index contributed by atoms with van der Waals surface area (Å²) in [5.74, 6) is -1.76. The van der Waals surface area contributed by atoms with Crippen molar-refractivity contribution < 1.29 is 14.7 Å². The van der Waals surface area contributed by atoms with Gasteiger partial charge in [0.25, 0.3) is 5.91 Å². The molecule has 1 unspecified atom stereocenters. The fraction of sp³-hybridized carbons (Fsp3) is 0.385. The van der Waals surface area contributed by atoms with Crippen LogP contribution in [0.4, 0.5) is 0 Å². The Morgan fingerprint density at radius 3 is 2.70 bits per heavy atom. The molecule has 20 heavy (non-hydrogen) atoms. The van der Waals surface area contributed by atoms with Crippen LogP contribution in [-0.2, 0) is 4.79 Å². The Morgan fingerprint density at radius 1 is 1.40 bits per heavy atom. The molecule has 0 saturated heterocycles. The molecule has 0 saturated carbocycles. The van der Waals surface area contributed by atoms with Crippen LogP contribution in [0.25, 0.3) is 5.65 Å². The van der Waals surface area contributed by atoms with Gasteiger partial charge in [-0.3, -0.25) is 4.79 Å². The highest BCUT2D eigenvalue weighted by atomic mass is 16.4. The average Bonchev–Trinajstić information content (AvgIpc) is 2.77. The predicted octanol–water partition coefficient (Wildman–Crippen LogP) is 0.877. The quantitative estimate of drug-likeness (QED) is 0.864. The summed E-state index contributed by atoms with van der Waals surface area (Å²) < 4.78 is 1.48. The maximum absolute atomic E-state index is 12.2. The van der Waals surface area contributed by atoms with Crippen molar-refractivity contribution >= 4 is 17.5 Å². The van der Waals surface area contributed by atoms with E-state index in [0.29, 0.717) is 5.65 Å². The summed E-state index contributed by atoms with van der Waals surface area (Å²) in [6, 6.07) is 0.831. The molecule has 1 atom stereocenters. The molecule has 2 aromatic rings. The SMILES string of the molecule is Cc1ccn2ncc(C(=O)NC(C(=O)O)C(C)C)c2n1. The number of aromatic nitrogens is 3. The fourth-order valence-corrected chi connectivity index (χ4v) is 1.85. The van der Waals surface area contributed by atoms with Crippen LogP contribution in [-0.4, -0.2) is 37.6 Å². The number of fused-ring (bicyclic) bond motifs is 1. The second kappa shape index (κ2) is 5.28. The predicted molar refractivity (Wildman–Crippen MR) is 71.5 cm³/mol. The number of carbonyl (C=O) groups excluding carboxylic acids is 1. The third-order valence-electron chi connectivity index (χ3n) is 2.97. The van der Waals surface area contributed by atoms with Gasteiger partial charge < -0.3 is 10.4 Å². The van der Waals surface area contributed by atoms with E-state index < -0.39 is 17.9 Å². The van der Waals surface area contributed by atoms with Gasteiger partial charge in [0, 0.05) is 11.9 Å². The molecule has 106 valence electrons. The van der Waals surface area contributed by atoms with Crippen molar-refractivity contribution in [3.8, 4) is 0 Å². The monoisotopic (exact) mass is 276 g/mol. The number of nitrogens with zero attached hydrogens (tertiary/aromatic N) is 3. The first-order valence-electron chi connectivity index (χ1n) is 6.25. The first-order chi connectivity index (χ1) is 9.40. The van der Waals surface area contributed by atoms with Gasteiger partial charge >= 0.3 is 5.97 Å². The first kappa shape index (κ1) is 14.0. The minimum absolute atomic E-state index is 0.215. The molecule has 1 amide bonds. The topological polar surface area (TPSA) is 96.6 Å². The van der Waals surface area contributed by atoms with Gasteiger partial charge in [-0.1, -0.05) is 13.8 Å². The largest absolute Gasteiger partial charge is 0.480 e. The summed E-state index contributed by atoms with van der Waals surface area (Å²) in [4.78, 5) is 27.5. The smallest absolute Gasteiger partial charge is 0.326 e. The van der Waals surface area contributed by atoms with Crippen molar-refractivity contribution in [2.24, 2.45) is 5.92 Å². The Morgan fingerprint density at radius 2 is 2.10 bits per heavy atom. The molecule has 0 aliphatic heterocycles. The Hall–Kier alpha value is -2.44. The van der Waals surface area contributed by atoms with Gasteiger partial charge in [-0.05, 0) is 18.9 Å². The number of hydrogen-bond acceptors (Lipinski definition) is 4.